The predicted octanol–water partition coefficient (Wildman–Crippen LogP) is 2.15. The number of rotatable bonds is 7. The van der Waals surface area contributed by atoms with Crippen LogP contribution in [0, 0.1) is 0 Å². The molecule has 140 valence electrons. The Labute approximate surface area is 151 Å². The van der Waals surface area contributed by atoms with E-state index >= 15 is 0 Å². The summed E-state index contributed by atoms with van der Waals surface area (Å²) in [4.78, 5) is 2.40. The SMILES string of the molecule is COc1ccc(C(CNS(=O)(=O)N2CCCC2)N2CCCCC2)cc1. The topological polar surface area (TPSA) is 61.9 Å². The second-order valence-electron chi connectivity index (χ2n) is 6.85. The van der Waals surface area contributed by atoms with Crippen LogP contribution in [0.1, 0.15) is 43.7 Å². The van der Waals surface area contributed by atoms with E-state index in [0.29, 0.717) is 19.6 Å². The first kappa shape index (κ1) is 18.6. The van der Waals surface area contributed by atoms with Gasteiger partial charge in [-0.05, 0) is 56.5 Å². The second-order valence-corrected chi connectivity index (χ2v) is 8.60. The van der Waals surface area contributed by atoms with Crippen molar-refractivity contribution in [2.45, 2.75) is 38.1 Å². The molecule has 0 bridgehead atoms. The highest BCUT2D eigenvalue weighted by Crippen LogP contribution is 2.26. The average Bonchev–Trinajstić information content (AvgIpc) is 3.19. The summed E-state index contributed by atoms with van der Waals surface area (Å²) in [5.74, 6) is 0.818. The zero-order chi connectivity index (χ0) is 17.7. The minimum Gasteiger partial charge on any atom is -0.497 e. The van der Waals surface area contributed by atoms with E-state index in [0.717, 1.165) is 37.2 Å². The molecule has 2 aliphatic heterocycles. The van der Waals surface area contributed by atoms with Crippen LogP contribution in [0.5, 0.6) is 5.75 Å². The molecule has 1 N–H and O–H groups in total. The normalized spacial score (nSPS) is 21.3. The molecule has 1 aromatic carbocycles. The summed E-state index contributed by atoms with van der Waals surface area (Å²) >= 11 is 0. The number of methoxy groups -OCH3 is 1. The van der Waals surface area contributed by atoms with Crippen LogP contribution in [0.4, 0.5) is 0 Å². The van der Waals surface area contributed by atoms with Crippen LogP contribution in [0.25, 0.3) is 0 Å². The standard InChI is InChI=1S/C18H29N3O3S/c1-24-17-9-7-16(8-10-17)18(20-11-3-2-4-12-20)15-19-25(22,23)21-13-5-6-14-21/h7-10,18-19H,2-6,11-15H2,1H3. The highest BCUT2D eigenvalue weighted by molar-refractivity contribution is 7.87. The third kappa shape index (κ3) is 4.73. The van der Waals surface area contributed by atoms with Gasteiger partial charge >= 0.3 is 0 Å². The molecule has 0 amide bonds. The lowest BCUT2D eigenvalue weighted by molar-refractivity contribution is 0.164. The highest BCUT2D eigenvalue weighted by atomic mass is 32.2. The van der Waals surface area contributed by atoms with E-state index in [9.17, 15) is 8.42 Å². The van der Waals surface area contributed by atoms with Crippen LogP contribution >= 0.6 is 0 Å². The van der Waals surface area contributed by atoms with Crippen LogP contribution < -0.4 is 9.46 Å². The Kier molecular flexibility index (Phi) is 6.33. The molecule has 2 saturated heterocycles. The smallest absolute Gasteiger partial charge is 0.279 e. The Morgan fingerprint density at radius 3 is 2.20 bits per heavy atom. The predicted molar refractivity (Wildman–Crippen MR) is 98.9 cm³/mol. The van der Waals surface area contributed by atoms with Crippen molar-refractivity contribution in [3.63, 3.8) is 0 Å². The number of nitrogens with zero attached hydrogens (tertiary/aromatic N) is 2. The summed E-state index contributed by atoms with van der Waals surface area (Å²) < 4.78 is 34.7. The van der Waals surface area contributed by atoms with Gasteiger partial charge in [0.05, 0.1) is 7.11 Å². The van der Waals surface area contributed by atoms with Gasteiger partial charge in [0, 0.05) is 25.7 Å². The Morgan fingerprint density at radius 1 is 1.00 bits per heavy atom. The third-order valence-corrected chi connectivity index (χ3v) is 6.77. The number of ether oxygens (including phenoxy) is 1. The van der Waals surface area contributed by atoms with Crippen molar-refractivity contribution in [3.8, 4) is 5.75 Å². The second kappa shape index (κ2) is 8.49. The van der Waals surface area contributed by atoms with Crippen molar-refractivity contribution in [2.24, 2.45) is 0 Å². The number of hydrogen-bond donors (Lipinski definition) is 1. The lowest BCUT2D eigenvalue weighted by Crippen LogP contribution is -2.44. The number of nitrogens with one attached hydrogen (secondary N) is 1. The van der Waals surface area contributed by atoms with Crippen molar-refractivity contribution in [2.75, 3.05) is 39.8 Å². The molecule has 0 aliphatic carbocycles. The van der Waals surface area contributed by atoms with E-state index in [1.165, 1.54) is 19.3 Å². The number of likely N-dealkylation sites (tertiary alicyclic amines) is 1. The Bertz CT molecular complexity index is 636. The van der Waals surface area contributed by atoms with Gasteiger partial charge in [-0.3, -0.25) is 4.90 Å². The molecule has 3 rings (SSSR count). The van der Waals surface area contributed by atoms with Crippen LogP contribution in [-0.2, 0) is 10.2 Å². The van der Waals surface area contributed by atoms with Gasteiger partial charge in [0.2, 0.25) is 0 Å². The molecule has 2 aliphatic rings. The summed E-state index contributed by atoms with van der Waals surface area (Å²) in [6, 6.07) is 8.04. The Balaban J connectivity index is 1.73. The van der Waals surface area contributed by atoms with Crippen molar-refractivity contribution >= 4 is 10.2 Å². The molecule has 7 heteroatoms. The van der Waals surface area contributed by atoms with Gasteiger partial charge in [0.25, 0.3) is 10.2 Å². The third-order valence-electron chi connectivity index (χ3n) is 5.20. The maximum atomic E-state index is 12.5. The van der Waals surface area contributed by atoms with Crippen molar-refractivity contribution in [1.29, 1.82) is 0 Å². The summed E-state index contributed by atoms with van der Waals surface area (Å²) in [6.45, 7) is 3.70. The molecule has 2 fully saturated rings. The van der Waals surface area contributed by atoms with Gasteiger partial charge in [-0.1, -0.05) is 18.6 Å². The first-order chi connectivity index (χ1) is 12.1. The van der Waals surface area contributed by atoms with Crippen molar-refractivity contribution in [3.05, 3.63) is 29.8 Å². The van der Waals surface area contributed by atoms with E-state index in [1.807, 2.05) is 24.3 Å². The molecule has 0 aromatic heterocycles. The number of piperidine rings is 1. The number of hydrogen-bond acceptors (Lipinski definition) is 4. The zero-order valence-electron chi connectivity index (χ0n) is 15.0. The van der Waals surface area contributed by atoms with E-state index in [-0.39, 0.29) is 6.04 Å². The lowest BCUT2D eigenvalue weighted by atomic mass is 10.0. The molecule has 1 atom stereocenters. The summed E-state index contributed by atoms with van der Waals surface area (Å²) in [5, 5.41) is 0. The quantitative estimate of drug-likeness (QED) is 0.802. The van der Waals surface area contributed by atoms with Crippen molar-refractivity contribution in [1.82, 2.24) is 13.9 Å². The van der Waals surface area contributed by atoms with Gasteiger partial charge in [-0.25, -0.2) is 4.72 Å². The molecule has 6 nitrogen and oxygen atoms in total. The number of benzene rings is 1. The fourth-order valence-corrected chi connectivity index (χ4v) is 5.01. The molecule has 0 spiro atoms. The molecule has 25 heavy (non-hydrogen) atoms. The van der Waals surface area contributed by atoms with Gasteiger partial charge in [-0.2, -0.15) is 12.7 Å². The minimum absolute atomic E-state index is 0.0589. The Hall–Kier alpha value is -1.15. The monoisotopic (exact) mass is 367 g/mol. The molecular weight excluding hydrogens is 338 g/mol. The fourth-order valence-electron chi connectivity index (χ4n) is 3.72. The average molecular weight is 368 g/mol. The zero-order valence-corrected chi connectivity index (χ0v) is 15.8. The summed E-state index contributed by atoms with van der Waals surface area (Å²) in [5.41, 5.74) is 1.13. The molecule has 0 radical (unpaired) electrons. The highest BCUT2D eigenvalue weighted by Gasteiger charge is 2.28. The summed E-state index contributed by atoms with van der Waals surface area (Å²) in [7, 11) is -1.73. The van der Waals surface area contributed by atoms with Gasteiger partial charge in [0.1, 0.15) is 5.75 Å². The fraction of sp³-hybridized carbons (Fsp3) is 0.667. The largest absolute Gasteiger partial charge is 0.497 e. The van der Waals surface area contributed by atoms with E-state index < -0.39 is 10.2 Å². The minimum atomic E-state index is -3.38. The van der Waals surface area contributed by atoms with Crippen molar-refractivity contribution < 1.29 is 13.2 Å². The van der Waals surface area contributed by atoms with Crippen LogP contribution in [0.2, 0.25) is 0 Å². The van der Waals surface area contributed by atoms with Gasteiger partial charge < -0.3 is 4.74 Å². The summed E-state index contributed by atoms with van der Waals surface area (Å²) in [6.07, 6.45) is 5.51. The van der Waals surface area contributed by atoms with E-state index in [2.05, 4.69) is 9.62 Å². The molecule has 1 aromatic rings. The van der Waals surface area contributed by atoms with E-state index in [1.54, 1.807) is 11.4 Å². The Morgan fingerprint density at radius 2 is 1.60 bits per heavy atom. The van der Waals surface area contributed by atoms with Crippen LogP contribution in [-0.4, -0.2) is 57.5 Å². The van der Waals surface area contributed by atoms with Crippen LogP contribution in [0.3, 0.4) is 0 Å². The van der Waals surface area contributed by atoms with Gasteiger partial charge in [-0.15, -0.1) is 0 Å². The van der Waals surface area contributed by atoms with Gasteiger partial charge in [0.15, 0.2) is 0 Å². The lowest BCUT2D eigenvalue weighted by Gasteiger charge is -2.35. The van der Waals surface area contributed by atoms with E-state index in [4.69, 9.17) is 4.74 Å². The molecular formula is C18H29N3O3S. The first-order valence-electron chi connectivity index (χ1n) is 9.23. The van der Waals surface area contributed by atoms with Crippen LogP contribution in [0.15, 0.2) is 24.3 Å². The molecule has 1 unspecified atom stereocenters. The molecule has 2 heterocycles. The maximum Gasteiger partial charge on any atom is 0.279 e. The maximum absolute atomic E-state index is 12.5. The molecule has 0 saturated carbocycles. The first-order valence-corrected chi connectivity index (χ1v) is 10.7.